The molecule has 0 fully saturated rings. The first-order chi connectivity index (χ1) is 11.7. The van der Waals surface area contributed by atoms with Gasteiger partial charge in [0.2, 0.25) is 5.88 Å². The summed E-state index contributed by atoms with van der Waals surface area (Å²) < 4.78 is 31.9. The molecule has 128 valence electrons. The Morgan fingerprint density at radius 3 is 2.96 bits per heavy atom. The monoisotopic (exact) mass is 334 g/mol. The topological polar surface area (TPSA) is 62.6 Å². The van der Waals surface area contributed by atoms with Gasteiger partial charge in [0, 0.05) is 25.6 Å². The zero-order valence-corrected chi connectivity index (χ0v) is 13.6. The minimum absolute atomic E-state index is 0.155. The van der Waals surface area contributed by atoms with Crippen LogP contribution in [0.4, 0.5) is 4.39 Å². The molecule has 1 aliphatic heterocycles. The maximum Gasteiger partial charge on any atom is 0.345 e. The Morgan fingerprint density at radius 1 is 1.46 bits per heavy atom. The molecule has 1 aromatic heterocycles. The quantitative estimate of drug-likeness (QED) is 0.787. The van der Waals surface area contributed by atoms with Crippen molar-refractivity contribution in [2.75, 3.05) is 20.3 Å². The van der Waals surface area contributed by atoms with Crippen LogP contribution in [0, 0.1) is 5.82 Å². The van der Waals surface area contributed by atoms with Crippen molar-refractivity contribution in [1.82, 2.24) is 9.78 Å². The number of nitrogens with zero attached hydrogens (tertiary/aromatic N) is 2. The molecule has 2 heterocycles. The van der Waals surface area contributed by atoms with E-state index in [9.17, 15) is 9.18 Å². The molecule has 1 aliphatic rings. The molecule has 0 spiro atoms. The lowest BCUT2D eigenvalue weighted by Crippen LogP contribution is -2.30. The van der Waals surface area contributed by atoms with E-state index >= 15 is 0 Å². The number of halogens is 1. The molecule has 1 aromatic carbocycles. The molecule has 0 radical (unpaired) electrons. The van der Waals surface area contributed by atoms with Gasteiger partial charge in [-0.25, -0.2) is 13.9 Å². The first-order valence-electron chi connectivity index (χ1n) is 7.84. The third-order valence-corrected chi connectivity index (χ3v) is 3.81. The van der Waals surface area contributed by atoms with Crippen molar-refractivity contribution in [1.29, 1.82) is 0 Å². The Balaban J connectivity index is 2.10. The first-order valence-corrected chi connectivity index (χ1v) is 7.84. The number of hydrogen-bond acceptors (Lipinski definition) is 5. The van der Waals surface area contributed by atoms with Crippen LogP contribution in [0.25, 0.3) is 11.3 Å². The smallest absolute Gasteiger partial charge is 0.345 e. The number of methoxy groups -OCH3 is 1. The number of ether oxygens (including phenoxy) is 3. The number of aryl methyl sites for hydroxylation is 1. The van der Waals surface area contributed by atoms with Crippen LogP contribution in [0.1, 0.15) is 23.7 Å². The minimum atomic E-state index is -0.574. The highest BCUT2D eigenvalue weighted by Gasteiger charge is 2.32. The summed E-state index contributed by atoms with van der Waals surface area (Å²) in [5, 5.41) is 4.39. The zero-order chi connectivity index (χ0) is 17.1. The maximum atomic E-state index is 14.2. The third-order valence-electron chi connectivity index (χ3n) is 3.81. The van der Waals surface area contributed by atoms with E-state index in [1.807, 2.05) is 0 Å². The summed E-state index contributed by atoms with van der Waals surface area (Å²) in [6.07, 6.45) is 0.516. The lowest BCUT2D eigenvalue weighted by atomic mass is 10.1. The Morgan fingerprint density at radius 2 is 2.25 bits per heavy atom. The average Bonchev–Trinajstić information content (AvgIpc) is 2.94. The number of benzene rings is 1. The first kappa shape index (κ1) is 16.4. The second kappa shape index (κ2) is 7.00. The summed E-state index contributed by atoms with van der Waals surface area (Å²) in [5.41, 5.74) is 0.636. The van der Waals surface area contributed by atoms with Gasteiger partial charge in [-0.3, -0.25) is 0 Å². The fraction of sp³-hybridized carbons (Fsp3) is 0.412. The molecule has 0 aliphatic carbocycles. The predicted octanol–water partition coefficient (Wildman–Crippen LogP) is 2.66. The van der Waals surface area contributed by atoms with E-state index in [-0.39, 0.29) is 29.5 Å². The van der Waals surface area contributed by atoms with Crippen molar-refractivity contribution in [2.45, 2.75) is 26.0 Å². The lowest BCUT2D eigenvalue weighted by molar-refractivity contribution is 0.0420. The van der Waals surface area contributed by atoms with Gasteiger partial charge in [0.1, 0.15) is 23.2 Å². The van der Waals surface area contributed by atoms with E-state index in [0.29, 0.717) is 25.5 Å². The molecule has 0 N–H and O–H groups in total. The van der Waals surface area contributed by atoms with Gasteiger partial charge in [-0.05, 0) is 19.1 Å². The number of hydrogen-bond donors (Lipinski definition) is 0. The van der Waals surface area contributed by atoms with Gasteiger partial charge in [0.05, 0.1) is 13.2 Å². The van der Waals surface area contributed by atoms with Crippen molar-refractivity contribution >= 4 is 5.97 Å². The molecular formula is C17H19FN2O4. The number of esters is 1. The van der Waals surface area contributed by atoms with E-state index in [1.165, 1.54) is 6.07 Å². The molecule has 24 heavy (non-hydrogen) atoms. The highest BCUT2D eigenvalue weighted by molar-refractivity contribution is 5.99. The van der Waals surface area contributed by atoms with E-state index < -0.39 is 11.8 Å². The summed E-state index contributed by atoms with van der Waals surface area (Å²) in [4.78, 5) is 12.4. The van der Waals surface area contributed by atoms with Gasteiger partial charge in [-0.2, -0.15) is 5.10 Å². The van der Waals surface area contributed by atoms with Crippen molar-refractivity contribution in [2.24, 2.45) is 0 Å². The van der Waals surface area contributed by atoms with Gasteiger partial charge >= 0.3 is 5.97 Å². The molecule has 7 heteroatoms. The molecule has 3 rings (SSSR count). The van der Waals surface area contributed by atoms with Crippen molar-refractivity contribution in [3.05, 3.63) is 35.6 Å². The second-order valence-electron chi connectivity index (χ2n) is 5.44. The summed E-state index contributed by atoms with van der Waals surface area (Å²) in [7, 11) is 1.59. The molecular weight excluding hydrogens is 315 g/mol. The Kier molecular flexibility index (Phi) is 4.80. The van der Waals surface area contributed by atoms with Gasteiger partial charge in [-0.1, -0.05) is 12.1 Å². The highest BCUT2D eigenvalue weighted by atomic mass is 19.1. The molecule has 0 amide bonds. The summed E-state index contributed by atoms with van der Waals surface area (Å²) in [5.74, 6) is -0.720. The molecule has 0 saturated carbocycles. The summed E-state index contributed by atoms with van der Waals surface area (Å²) in [6, 6.07) is 6.19. The van der Waals surface area contributed by atoms with Crippen LogP contribution < -0.4 is 4.74 Å². The van der Waals surface area contributed by atoms with Crippen LogP contribution in [0.2, 0.25) is 0 Å². The largest absolute Gasteiger partial charge is 0.471 e. The van der Waals surface area contributed by atoms with Gasteiger partial charge in [-0.15, -0.1) is 0 Å². The number of carbonyl (C=O) groups is 1. The van der Waals surface area contributed by atoms with Gasteiger partial charge < -0.3 is 14.2 Å². The third kappa shape index (κ3) is 2.99. The minimum Gasteiger partial charge on any atom is -0.471 e. The fourth-order valence-electron chi connectivity index (χ4n) is 2.73. The van der Waals surface area contributed by atoms with Crippen molar-refractivity contribution in [3.8, 4) is 17.1 Å². The van der Waals surface area contributed by atoms with Crippen LogP contribution in [0.15, 0.2) is 24.3 Å². The Bertz CT molecular complexity index is 744. The Hall–Kier alpha value is -2.41. The van der Waals surface area contributed by atoms with Gasteiger partial charge in [0.25, 0.3) is 0 Å². The molecule has 0 bridgehead atoms. The zero-order valence-electron chi connectivity index (χ0n) is 13.6. The second-order valence-corrected chi connectivity index (χ2v) is 5.44. The predicted molar refractivity (Wildman–Crippen MR) is 84.5 cm³/mol. The summed E-state index contributed by atoms with van der Waals surface area (Å²) in [6.45, 7) is 2.89. The van der Waals surface area contributed by atoms with E-state index in [0.717, 1.165) is 0 Å². The Labute approximate surface area is 139 Å². The molecule has 0 saturated heterocycles. The fourth-order valence-corrected chi connectivity index (χ4v) is 2.73. The average molecular weight is 334 g/mol. The number of aromatic nitrogens is 2. The normalized spacial score (nSPS) is 16.4. The van der Waals surface area contributed by atoms with Crippen LogP contribution in [0.5, 0.6) is 5.88 Å². The van der Waals surface area contributed by atoms with Crippen LogP contribution in [-0.4, -0.2) is 42.2 Å². The number of rotatable bonds is 5. The van der Waals surface area contributed by atoms with Gasteiger partial charge in [0.15, 0.2) is 0 Å². The molecule has 1 unspecified atom stereocenters. The lowest BCUT2D eigenvalue weighted by Gasteiger charge is -2.24. The summed E-state index contributed by atoms with van der Waals surface area (Å²) >= 11 is 0. The number of carbonyl (C=O) groups excluding carboxylic acids is 1. The van der Waals surface area contributed by atoms with Crippen molar-refractivity contribution in [3.63, 3.8) is 0 Å². The van der Waals surface area contributed by atoms with Crippen LogP contribution in [0.3, 0.4) is 0 Å². The molecule has 6 nitrogen and oxygen atoms in total. The SMILES string of the molecule is CCOC(=O)c1c(-c2ccccc2F)nn2c1OC(COC)CC2. The van der Waals surface area contributed by atoms with E-state index in [2.05, 4.69) is 5.10 Å². The number of fused-ring (bicyclic) bond motifs is 1. The standard InChI is InChI=1S/C17H19FN2O4/c1-3-23-17(21)14-15(12-6-4-5-7-13(12)18)19-20-9-8-11(10-22-2)24-16(14)20/h4-7,11H,3,8-10H2,1-2H3. The van der Waals surface area contributed by atoms with E-state index in [1.54, 1.807) is 36.9 Å². The maximum absolute atomic E-state index is 14.2. The van der Waals surface area contributed by atoms with Crippen LogP contribution >= 0.6 is 0 Å². The molecule has 2 aromatic rings. The highest BCUT2D eigenvalue weighted by Crippen LogP contribution is 2.35. The van der Waals surface area contributed by atoms with Crippen LogP contribution in [-0.2, 0) is 16.0 Å². The van der Waals surface area contributed by atoms with Crippen molar-refractivity contribution < 1.29 is 23.4 Å². The molecule has 1 atom stereocenters. The van der Waals surface area contributed by atoms with E-state index in [4.69, 9.17) is 14.2 Å².